The first-order valence-corrected chi connectivity index (χ1v) is 9.55. The number of likely N-dealkylation sites (N-methyl/N-ethyl adjacent to an activating group) is 1. The fourth-order valence-corrected chi connectivity index (χ4v) is 2.63. The minimum atomic E-state index is -0.555. The molecule has 0 aliphatic heterocycles. The van der Waals surface area contributed by atoms with Gasteiger partial charge >= 0.3 is 12.1 Å². The lowest BCUT2D eigenvalue weighted by molar-refractivity contribution is 0.123. The van der Waals surface area contributed by atoms with Gasteiger partial charge in [-0.2, -0.15) is 0 Å². The number of ether oxygens (including phenoxy) is 1. The van der Waals surface area contributed by atoms with E-state index in [9.17, 15) is 9.59 Å². The highest BCUT2D eigenvalue weighted by Gasteiger charge is 2.17. The molecule has 0 unspecified atom stereocenters. The van der Waals surface area contributed by atoms with Gasteiger partial charge < -0.3 is 15.0 Å². The van der Waals surface area contributed by atoms with Crippen LogP contribution in [0.25, 0.3) is 0 Å². The average molecular weight is 404 g/mol. The van der Waals surface area contributed by atoms with Gasteiger partial charge in [0.05, 0.1) is 6.04 Å². The molecular weight excluding hydrogens is 378 g/mol. The van der Waals surface area contributed by atoms with Crippen LogP contribution in [-0.2, 0) is 17.7 Å². The van der Waals surface area contributed by atoms with Crippen LogP contribution in [0.3, 0.4) is 0 Å². The Morgan fingerprint density at radius 2 is 1.82 bits per heavy atom. The van der Waals surface area contributed by atoms with Crippen molar-refractivity contribution in [3.8, 4) is 0 Å². The van der Waals surface area contributed by atoms with Crippen LogP contribution in [0.1, 0.15) is 25.0 Å². The van der Waals surface area contributed by atoms with Gasteiger partial charge in [0.15, 0.2) is 0 Å². The molecule has 2 aromatic carbocycles. The van der Waals surface area contributed by atoms with Gasteiger partial charge in [0.2, 0.25) is 0 Å². The molecule has 3 amide bonds. The average Bonchev–Trinajstić information content (AvgIpc) is 2.71. The Kier molecular flexibility index (Phi) is 8.14. The lowest BCUT2D eigenvalue weighted by Crippen LogP contribution is -2.44. The Morgan fingerprint density at radius 1 is 1.14 bits per heavy atom. The van der Waals surface area contributed by atoms with E-state index in [2.05, 4.69) is 17.6 Å². The predicted molar refractivity (Wildman–Crippen MR) is 112 cm³/mol. The van der Waals surface area contributed by atoms with E-state index in [1.54, 1.807) is 20.0 Å². The molecule has 0 saturated carbocycles. The second-order valence-electron chi connectivity index (χ2n) is 6.48. The van der Waals surface area contributed by atoms with Crippen LogP contribution in [0.4, 0.5) is 15.3 Å². The predicted octanol–water partition coefficient (Wildman–Crippen LogP) is 4.68. The summed E-state index contributed by atoms with van der Waals surface area (Å²) in [5, 5.41) is 6.08. The van der Waals surface area contributed by atoms with Crippen LogP contribution in [0.2, 0.25) is 5.02 Å². The van der Waals surface area contributed by atoms with Crippen molar-refractivity contribution in [3.05, 3.63) is 64.7 Å². The van der Waals surface area contributed by atoms with Gasteiger partial charge in [-0.25, -0.2) is 9.59 Å². The third kappa shape index (κ3) is 6.46. The molecule has 2 aromatic rings. The standard InChI is InChI=1S/C21H26ClN3O3/c1-4-16-9-11-18(12-10-16)24-21(27)28-14-15(2)25(3)20(26)23-13-17-7-5-6-8-19(17)22/h5-12,15H,4,13-14H2,1-3H3,(H,23,26)(H,24,27)/t15-/m1/s1. The molecule has 0 radical (unpaired) electrons. The van der Waals surface area contributed by atoms with E-state index in [0.29, 0.717) is 17.3 Å². The van der Waals surface area contributed by atoms with Crippen molar-refractivity contribution in [2.24, 2.45) is 0 Å². The molecular formula is C21H26ClN3O3. The highest BCUT2D eigenvalue weighted by Crippen LogP contribution is 2.14. The second-order valence-corrected chi connectivity index (χ2v) is 6.89. The number of rotatable bonds is 7. The highest BCUT2D eigenvalue weighted by molar-refractivity contribution is 6.31. The van der Waals surface area contributed by atoms with E-state index in [4.69, 9.17) is 16.3 Å². The zero-order chi connectivity index (χ0) is 20.5. The van der Waals surface area contributed by atoms with Crippen LogP contribution < -0.4 is 10.6 Å². The van der Waals surface area contributed by atoms with Gasteiger partial charge in [0.1, 0.15) is 6.61 Å². The first-order chi connectivity index (χ1) is 13.4. The monoisotopic (exact) mass is 403 g/mol. The van der Waals surface area contributed by atoms with Crippen molar-refractivity contribution in [2.45, 2.75) is 32.9 Å². The molecule has 0 saturated heterocycles. The number of hydrogen-bond acceptors (Lipinski definition) is 3. The zero-order valence-electron chi connectivity index (χ0n) is 16.4. The number of aryl methyl sites for hydroxylation is 1. The lowest BCUT2D eigenvalue weighted by Gasteiger charge is -2.25. The summed E-state index contributed by atoms with van der Waals surface area (Å²) in [6, 6.07) is 14.3. The second kappa shape index (κ2) is 10.6. The molecule has 0 fully saturated rings. The molecule has 0 aliphatic rings. The maximum Gasteiger partial charge on any atom is 0.411 e. The van der Waals surface area contributed by atoms with Crippen molar-refractivity contribution >= 4 is 29.4 Å². The Balaban J connectivity index is 1.75. The molecule has 0 aromatic heterocycles. The molecule has 6 nitrogen and oxygen atoms in total. The molecule has 2 N–H and O–H groups in total. The van der Waals surface area contributed by atoms with Gasteiger partial charge in [-0.15, -0.1) is 0 Å². The molecule has 2 rings (SSSR count). The number of benzene rings is 2. The smallest absolute Gasteiger partial charge is 0.411 e. The summed E-state index contributed by atoms with van der Waals surface area (Å²) in [7, 11) is 1.65. The van der Waals surface area contributed by atoms with E-state index in [1.807, 2.05) is 42.5 Å². The number of hydrogen-bond donors (Lipinski definition) is 2. The Labute approximate surface area is 170 Å². The molecule has 0 spiro atoms. The van der Waals surface area contributed by atoms with Crippen molar-refractivity contribution in [3.63, 3.8) is 0 Å². The Hall–Kier alpha value is -2.73. The number of anilines is 1. The summed E-state index contributed by atoms with van der Waals surface area (Å²) in [6.45, 7) is 4.27. The fourth-order valence-electron chi connectivity index (χ4n) is 2.42. The first-order valence-electron chi connectivity index (χ1n) is 9.17. The number of halogens is 1. The van der Waals surface area contributed by atoms with Crippen molar-refractivity contribution < 1.29 is 14.3 Å². The number of carbonyl (C=O) groups excluding carboxylic acids is 2. The number of carbonyl (C=O) groups is 2. The quantitative estimate of drug-likeness (QED) is 0.705. The van der Waals surface area contributed by atoms with E-state index >= 15 is 0 Å². The van der Waals surface area contributed by atoms with Gasteiger partial charge in [0, 0.05) is 24.3 Å². The topological polar surface area (TPSA) is 70.7 Å². The van der Waals surface area contributed by atoms with Crippen LogP contribution >= 0.6 is 11.6 Å². The van der Waals surface area contributed by atoms with Gasteiger partial charge in [0.25, 0.3) is 0 Å². The largest absolute Gasteiger partial charge is 0.447 e. The number of nitrogens with one attached hydrogen (secondary N) is 2. The van der Waals surface area contributed by atoms with E-state index in [1.165, 1.54) is 10.5 Å². The summed E-state index contributed by atoms with van der Waals surface area (Å²) < 4.78 is 5.22. The van der Waals surface area contributed by atoms with Gasteiger partial charge in [-0.3, -0.25) is 5.32 Å². The molecule has 0 aliphatic carbocycles. The van der Waals surface area contributed by atoms with E-state index < -0.39 is 6.09 Å². The fraction of sp³-hybridized carbons (Fsp3) is 0.333. The molecule has 0 heterocycles. The minimum absolute atomic E-state index is 0.0783. The summed E-state index contributed by atoms with van der Waals surface area (Å²) in [5.74, 6) is 0. The summed E-state index contributed by atoms with van der Waals surface area (Å²) in [5.41, 5.74) is 2.70. The lowest BCUT2D eigenvalue weighted by atomic mass is 10.1. The summed E-state index contributed by atoms with van der Waals surface area (Å²) in [4.78, 5) is 25.7. The van der Waals surface area contributed by atoms with Crippen molar-refractivity contribution in [1.82, 2.24) is 10.2 Å². The molecule has 28 heavy (non-hydrogen) atoms. The SMILES string of the molecule is CCc1ccc(NC(=O)OC[C@@H](C)N(C)C(=O)NCc2ccccc2Cl)cc1. The van der Waals surface area contributed by atoms with Gasteiger partial charge in [-0.05, 0) is 42.7 Å². The minimum Gasteiger partial charge on any atom is -0.447 e. The summed E-state index contributed by atoms with van der Waals surface area (Å²) >= 11 is 6.09. The van der Waals surface area contributed by atoms with Crippen molar-refractivity contribution in [1.29, 1.82) is 0 Å². The maximum absolute atomic E-state index is 12.3. The van der Waals surface area contributed by atoms with E-state index in [0.717, 1.165) is 12.0 Å². The molecule has 7 heteroatoms. The maximum atomic E-state index is 12.3. The Morgan fingerprint density at radius 3 is 2.46 bits per heavy atom. The third-order valence-electron chi connectivity index (χ3n) is 4.43. The van der Waals surface area contributed by atoms with Crippen LogP contribution in [0.15, 0.2) is 48.5 Å². The number of urea groups is 1. The highest BCUT2D eigenvalue weighted by atomic mass is 35.5. The van der Waals surface area contributed by atoms with Crippen LogP contribution in [0, 0.1) is 0 Å². The van der Waals surface area contributed by atoms with Crippen molar-refractivity contribution in [2.75, 3.05) is 19.0 Å². The van der Waals surface area contributed by atoms with E-state index in [-0.39, 0.29) is 18.7 Å². The molecule has 150 valence electrons. The normalized spacial score (nSPS) is 11.4. The zero-order valence-corrected chi connectivity index (χ0v) is 17.1. The Bertz CT molecular complexity index is 796. The van der Waals surface area contributed by atoms with Crippen LogP contribution in [0.5, 0.6) is 0 Å². The first kappa shape index (κ1) is 21.6. The number of amides is 3. The third-order valence-corrected chi connectivity index (χ3v) is 4.80. The number of nitrogens with zero attached hydrogens (tertiary/aromatic N) is 1. The van der Waals surface area contributed by atoms with Crippen LogP contribution in [-0.4, -0.2) is 36.7 Å². The summed E-state index contributed by atoms with van der Waals surface area (Å²) in [6.07, 6.45) is 0.383. The molecule has 1 atom stereocenters. The molecule has 0 bridgehead atoms. The van der Waals surface area contributed by atoms with Gasteiger partial charge in [-0.1, -0.05) is 48.9 Å².